The lowest BCUT2D eigenvalue weighted by molar-refractivity contribution is 0.184. The summed E-state index contributed by atoms with van der Waals surface area (Å²) in [6.45, 7) is 2.37. The quantitative estimate of drug-likeness (QED) is 0.913. The molecule has 1 N–H and O–H groups in total. The molecular formula is C16H23N3OS. The first-order valence-electron chi connectivity index (χ1n) is 7.83. The molecule has 2 aliphatic rings. The van der Waals surface area contributed by atoms with Gasteiger partial charge in [-0.25, -0.2) is 4.79 Å². The van der Waals surface area contributed by atoms with E-state index in [4.69, 9.17) is 0 Å². The Kier molecular flexibility index (Phi) is 4.68. The summed E-state index contributed by atoms with van der Waals surface area (Å²) in [6.07, 6.45) is 10.1. The van der Waals surface area contributed by atoms with Crippen molar-refractivity contribution in [3.05, 3.63) is 30.1 Å². The van der Waals surface area contributed by atoms with Gasteiger partial charge in [0.05, 0.1) is 0 Å². The summed E-state index contributed by atoms with van der Waals surface area (Å²) in [5.41, 5.74) is 1.09. The van der Waals surface area contributed by atoms with Gasteiger partial charge in [-0.2, -0.15) is 11.8 Å². The van der Waals surface area contributed by atoms with Crippen LogP contribution in [0.25, 0.3) is 0 Å². The van der Waals surface area contributed by atoms with Crippen molar-refractivity contribution in [2.45, 2.75) is 43.4 Å². The monoisotopic (exact) mass is 305 g/mol. The molecule has 2 fully saturated rings. The van der Waals surface area contributed by atoms with E-state index in [-0.39, 0.29) is 6.03 Å². The van der Waals surface area contributed by atoms with E-state index in [1.807, 2.05) is 17.0 Å². The Bertz CT molecular complexity index is 468. The smallest absolute Gasteiger partial charge is 0.317 e. The average Bonchev–Trinajstić information content (AvgIpc) is 2.54. The lowest BCUT2D eigenvalue weighted by Crippen LogP contribution is -2.52. The van der Waals surface area contributed by atoms with Crippen molar-refractivity contribution in [2.75, 3.05) is 18.8 Å². The van der Waals surface area contributed by atoms with E-state index in [2.05, 4.69) is 22.1 Å². The number of urea groups is 1. The minimum atomic E-state index is 0.0806. The van der Waals surface area contributed by atoms with Gasteiger partial charge in [-0.1, -0.05) is 19.3 Å². The van der Waals surface area contributed by atoms with Crippen LogP contribution in [0.3, 0.4) is 0 Å². The molecule has 2 amide bonds. The SMILES string of the molecule is O=C(NCc1ccncc1)N1CCSC2(CCCCC2)C1. The van der Waals surface area contributed by atoms with E-state index in [0.29, 0.717) is 11.3 Å². The second-order valence-electron chi connectivity index (χ2n) is 6.03. The van der Waals surface area contributed by atoms with Gasteiger partial charge in [-0.15, -0.1) is 0 Å². The Morgan fingerprint density at radius 2 is 2.05 bits per heavy atom. The highest BCUT2D eigenvalue weighted by atomic mass is 32.2. The number of rotatable bonds is 2. The molecule has 4 nitrogen and oxygen atoms in total. The molecule has 1 saturated carbocycles. The molecule has 0 radical (unpaired) electrons. The van der Waals surface area contributed by atoms with E-state index >= 15 is 0 Å². The van der Waals surface area contributed by atoms with E-state index in [1.165, 1.54) is 32.1 Å². The number of hydrogen-bond donors (Lipinski definition) is 1. The molecule has 1 aliphatic carbocycles. The second kappa shape index (κ2) is 6.69. The molecule has 1 saturated heterocycles. The molecule has 1 aliphatic heterocycles. The van der Waals surface area contributed by atoms with Crippen molar-refractivity contribution in [1.29, 1.82) is 0 Å². The predicted molar refractivity (Wildman–Crippen MR) is 86.3 cm³/mol. The van der Waals surface area contributed by atoms with E-state index in [9.17, 15) is 4.79 Å². The first kappa shape index (κ1) is 14.7. The molecule has 1 aromatic heterocycles. The lowest BCUT2D eigenvalue weighted by atomic mass is 9.87. The summed E-state index contributed by atoms with van der Waals surface area (Å²) >= 11 is 2.09. The summed E-state index contributed by atoms with van der Waals surface area (Å²) < 4.78 is 0.338. The summed E-state index contributed by atoms with van der Waals surface area (Å²) in [6, 6.07) is 3.96. The third-order valence-corrected chi connectivity index (χ3v) is 6.03. The average molecular weight is 305 g/mol. The second-order valence-corrected chi connectivity index (χ2v) is 7.59. The molecule has 0 atom stereocenters. The highest BCUT2D eigenvalue weighted by Crippen LogP contribution is 2.42. The molecule has 0 bridgehead atoms. The molecule has 114 valence electrons. The van der Waals surface area contributed by atoms with Gasteiger partial charge in [0.2, 0.25) is 0 Å². The van der Waals surface area contributed by atoms with Crippen LogP contribution in [0, 0.1) is 0 Å². The number of pyridine rings is 1. The van der Waals surface area contributed by atoms with Gasteiger partial charge in [0.15, 0.2) is 0 Å². The number of nitrogens with zero attached hydrogens (tertiary/aromatic N) is 2. The van der Waals surface area contributed by atoms with Crippen molar-refractivity contribution >= 4 is 17.8 Å². The van der Waals surface area contributed by atoms with Crippen molar-refractivity contribution in [1.82, 2.24) is 15.2 Å². The fourth-order valence-electron chi connectivity index (χ4n) is 3.31. The molecule has 0 unspecified atom stereocenters. The molecule has 1 aromatic rings. The number of aromatic nitrogens is 1. The van der Waals surface area contributed by atoms with Gasteiger partial charge in [0.1, 0.15) is 0 Å². The van der Waals surface area contributed by atoms with Crippen LogP contribution in [0.4, 0.5) is 4.79 Å². The van der Waals surface area contributed by atoms with Crippen LogP contribution >= 0.6 is 11.8 Å². The fourth-order valence-corrected chi connectivity index (χ4v) is 4.88. The molecule has 0 aromatic carbocycles. The van der Waals surface area contributed by atoms with Crippen molar-refractivity contribution < 1.29 is 4.79 Å². The molecule has 1 spiro atoms. The maximum Gasteiger partial charge on any atom is 0.317 e. The number of carbonyl (C=O) groups excluding carboxylic acids is 1. The first-order valence-corrected chi connectivity index (χ1v) is 8.82. The standard InChI is InChI=1S/C16H23N3OS/c20-15(18-12-14-4-8-17-9-5-14)19-10-11-21-16(13-19)6-2-1-3-7-16/h4-5,8-9H,1-3,6-7,10-13H2,(H,18,20). The third-order valence-electron chi connectivity index (χ3n) is 4.49. The summed E-state index contributed by atoms with van der Waals surface area (Å²) in [7, 11) is 0. The Morgan fingerprint density at radius 1 is 1.29 bits per heavy atom. The van der Waals surface area contributed by atoms with Crippen LogP contribution in [-0.2, 0) is 6.54 Å². The minimum absolute atomic E-state index is 0.0806. The first-order chi connectivity index (χ1) is 10.3. The van der Waals surface area contributed by atoms with Crippen LogP contribution in [0.2, 0.25) is 0 Å². The fraction of sp³-hybridized carbons (Fsp3) is 0.625. The Hall–Kier alpha value is -1.23. The lowest BCUT2D eigenvalue weighted by Gasteiger charge is -2.44. The Labute approximate surface area is 130 Å². The summed E-state index contributed by atoms with van der Waals surface area (Å²) in [5, 5.41) is 3.04. The zero-order chi connectivity index (χ0) is 14.5. The zero-order valence-electron chi connectivity index (χ0n) is 12.4. The topological polar surface area (TPSA) is 45.2 Å². The largest absolute Gasteiger partial charge is 0.334 e. The number of amides is 2. The van der Waals surface area contributed by atoms with Gasteiger partial charge < -0.3 is 10.2 Å². The van der Waals surface area contributed by atoms with Gasteiger partial charge >= 0.3 is 6.03 Å². The maximum atomic E-state index is 12.4. The van der Waals surface area contributed by atoms with E-state index in [0.717, 1.165) is 24.4 Å². The van der Waals surface area contributed by atoms with Crippen LogP contribution in [-0.4, -0.2) is 39.5 Å². The third kappa shape index (κ3) is 3.70. The van der Waals surface area contributed by atoms with Gasteiger partial charge in [-0.3, -0.25) is 4.98 Å². The molecule has 21 heavy (non-hydrogen) atoms. The zero-order valence-corrected chi connectivity index (χ0v) is 13.2. The van der Waals surface area contributed by atoms with Gasteiger partial charge in [-0.05, 0) is 30.5 Å². The predicted octanol–water partition coefficient (Wildman–Crippen LogP) is 3.04. The van der Waals surface area contributed by atoms with Crippen LogP contribution < -0.4 is 5.32 Å². The maximum absolute atomic E-state index is 12.4. The molecule has 3 rings (SSSR count). The molecule has 5 heteroatoms. The number of thioether (sulfide) groups is 1. The van der Waals surface area contributed by atoms with Crippen LogP contribution in [0.15, 0.2) is 24.5 Å². The number of nitrogens with one attached hydrogen (secondary N) is 1. The van der Waals surface area contributed by atoms with Crippen molar-refractivity contribution in [3.63, 3.8) is 0 Å². The van der Waals surface area contributed by atoms with Crippen molar-refractivity contribution in [3.8, 4) is 0 Å². The van der Waals surface area contributed by atoms with Gasteiger partial charge in [0, 0.05) is 42.5 Å². The number of carbonyl (C=O) groups is 1. The highest BCUT2D eigenvalue weighted by molar-refractivity contribution is 8.00. The molecular weight excluding hydrogens is 282 g/mol. The van der Waals surface area contributed by atoms with Crippen LogP contribution in [0.1, 0.15) is 37.7 Å². The highest BCUT2D eigenvalue weighted by Gasteiger charge is 2.38. The van der Waals surface area contributed by atoms with Crippen LogP contribution in [0.5, 0.6) is 0 Å². The molecule has 2 heterocycles. The van der Waals surface area contributed by atoms with E-state index < -0.39 is 0 Å². The van der Waals surface area contributed by atoms with Crippen molar-refractivity contribution in [2.24, 2.45) is 0 Å². The Morgan fingerprint density at radius 3 is 2.81 bits per heavy atom. The van der Waals surface area contributed by atoms with Gasteiger partial charge in [0.25, 0.3) is 0 Å². The minimum Gasteiger partial charge on any atom is -0.334 e. The normalized spacial score (nSPS) is 21.2. The number of hydrogen-bond acceptors (Lipinski definition) is 3. The summed E-state index contributed by atoms with van der Waals surface area (Å²) in [5.74, 6) is 1.07. The Balaban J connectivity index is 1.54. The van der Waals surface area contributed by atoms with E-state index in [1.54, 1.807) is 12.4 Å². The summed E-state index contributed by atoms with van der Waals surface area (Å²) in [4.78, 5) is 18.4.